The van der Waals surface area contributed by atoms with Crippen LogP contribution in [-0.2, 0) is 18.9 Å². The summed E-state index contributed by atoms with van der Waals surface area (Å²) in [7, 11) is 0. The van der Waals surface area contributed by atoms with Crippen LogP contribution in [-0.4, -0.2) is 78.5 Å². The van der Waals surface area contributed by atoms with Crippen molar-refractivity contribution in [2.75, 3.05) is 26.4 Å². The van der Waals surface area contributed by atoms with Gasteiger partial charge in [-0.15, -0.1) is 0 Å². The zero-order valence-corrected chi connectivity index (χ0v) is 11.9. The van der Waals surface area contributed by atoms with Gasteiger partial charge in [0.1, 0.15) is 18.3 Å². The molecule has 1 fully saturated rings. The fourth-order valence-electron chi connectivity index (χ4n) is 1.93. The molecular weight excluding hydrogens is 286 g/mol. The van der Waals surface area contributed by atoms with Gasteiger partial charge in [-0.3, -0.25) is 0 Å². The molecule has 5 atom stereocenters. The van der Waals surface area contributed by atoms with Gasteiger partial charge < -0.3 is 40.0 Å². The minimum absolute atomic E-state index is 0.138. The zero-order valence-electron chi connectivity index (χ0n) is 11.9. The number of primary amides is 1. The van der Waals surface area contributed by atoms with E-state index in [-0.39, 0.29) is 6.61 Å². The topological polar surface area (TPSA) is 141 Å². The maximum Gasteiger partial charge on any atom is 0.404 e. The molecule has 1 rings (SSSR count). The Morgan fingerprint density at radius 2 is 1.95 bits per heavy atom. The molecule has 9 nitrogen and oxygen atoms in total. The number of carbonyl (C=O) groups is 1. The Hall–Kier alpha value is -0.970. The van der Waals surface area contributed by atoms with Gasteiger partial charge in [0.2, 0.25) is 0 Å². The summed E-state index contributed by atoms with van der Waals surface area (Å²) in [6.45, 7) is 2.46. The van der Waals surface area contributed by atoms with Crippen molar-refractivity contribution in [3.05, 3.63) is 0 Å². The third-order valence-electron chi connectivity index (χ3n) is 2.93. The molecule has 1 unspecified atom stereocenters. The van der Waals surface area contributed by atoms with Crippen LogP contribution in [0.1, 0.15) is 13.3 Å². The molecule has 1 aliphatic heterocycles. The van der Waals surface area contributed by atoms with Crippen LogP contribution >= 0.6 is 0 Å². The molecular formula is C12H23NO8. The monoisotopic (exact) mass is 309 g/mol. The quantitative estimate of drug-likeness (QED) is 0.390. The minimum atomic E-state index is -1.43. The SMILES string of the molecule is CCCOCCOC1O[C@H](CO)[C@@H](O)[C@H](OC(N)=O)[C@@H]1O. The second-order valence-corrected chi connectivity index (χ2v) is 4.59. The molecule has 0 aromatic rings. The Bertz CT molecular complexity index is 316. The van der Waals surface area contributed by atoms with E-state index in [9.17, 15) is 15.0 Å². The Morgan fingerprint density at radius 3 is 2.52 bits per heavy atom. The Morgan fingerprint density at radius 1 is 1.24 bits per heavy atom. The van der Waals surface area contributed by atoms with Gasteiger partial charge in [-0.2, -0.15) is 0 Å². The van der Waals surface area contributed by atoms with Gasteiger partial charge in [0, 0.05) is 6.61 Å². The first-order valence-corrected chi connectivity index (χ1v) is 6.79. The summed E-state index contributed by atoms with van der Waals surface area (Å²) in [6, 6.07) is 0. The molecule has 1 heterocycles. The van der Waals surface area contributed by atoms with Gasteiger partial charge >= 0.3 is 6.09 Å². The lowest BCUT2D eigenvalue weighted by molar-refractivity contribution is -0.301. The molecule has 124 valence electrons. The van der Waals surface area contributed by atoms with E-state index in [1.807, 2.05) is 6.92 Å². The third-order valence-corrected chi connectivity index (χ3v) is 2.93. The molecule has 0 bridgehead atoms. The summed E-state index contributed by atoms with van der Waals surface area (Å²) in [5.74, 6) is 0. The van der Waals surface area contributed by atoms with Crippen molar-refractivity contribution in [3.63, 3.8) is 0 Å². The van der Waals surface area contributed by atoms with Crippen LogP contribution in [0.2, 0.25) is 0 Å². The largest absolute Gasteiger partial charge is 0.441 e. The second-order valence-electron chi connectivity index (χ2n) is 4.59. The van der Waals surface area contributed by atoms with E-state index in [0.29, 0.717) is 13.2 Å². The third kappa shape index (κ3) is 5.38. The highest BCUT2D eigenvalue weighted by atomic mass is 16.7. The normalized spacial score (nSPS) is 32.9. The number of amides is 1. The summed E-state index contributed by atoms with van der Waals surface area (Å²) >= 11 is 0. The lowest BCUT2D eigenvalue weighted by atomic mass is 9.99. The predicted molar refractivity (Wildman–Crippen MR) is 69.3 cm³/mol. The summed E-state index contributed by atoms with van der Waals surface area (Å²) in [6.07, 6.45) is -6.68. The highest BCUT2D eigenvalue weighted by molar-refractivity contribution is 5.65. The van der Waals surface area contributed by atoms with Crippen LogP contribution in [0.25, 0.3) is 0 Å². The molecule has 0 saturated carbocycles. The average molecular weight is 309 g/mol. The second kappa shape index (κ2) is 9.13. The van der Waals surface area contributed by atoms with E-state index in [1.165, 1.54) is 0 Å². The maximum absolute atomic E-state index is 10.8. The van der Waals surface area contributed by atoms with E-state index in [4.69, 9.17) is 25.1 Å². The van der Waals surface area contributed by atoms with Gasteiger partial charge in [0.05, 0.1) is 19.8 Å². The predicted octanol–water partition coefficient (Wildman–Crippen LogP) is -1.67. The number of aliphatic hydroxyl groups is 3. The Kier molecular flexibility index (Phi) is 7.86. The molecule has 9 heteroatoms. The zero-order chi connectivity index (χ0) is 15.8. The van der Waals surface area contributed by atoms with Crippen molar-refractivity contribution in [1.29, 1.82) is 0 Å². The maximum atomic E-state index is 10.8. The van der Waals surface area contributed by atoms with Crippen molar-refractivity contribution < 1.29 is 39.1 Å². The molecule has 1 amide bonds. The number of carbonyl (C=O) groups excluding carboxylic acids is 1. The number of hydrogen-bond acceptors (Lipinski definition) is 8. The first kappa shape index (κ1) is 18.1. The highest BCUT2D eigenvalue weighted by Gasteiger charge is 2.47. The van der Waals surface area contributed by atoms with Crippen molar-refractivity contribution in [2.45, 2.75) is 44.1 Å². The van der Waals surface area contributed by atoms with Crippen LogP contribution in [0.3, 0.4) is 0 Å². The first-order valence-electron chi connectivity index (χ1n) is 6.79. The van der Waals surface area contributed by atoms with E-state index in [1.54, 1.807) is 0 Å². The molecule has 0 aliphatic carbocycles. The highest BCUT2D eigenvalue weighted by Crippen LogP contribution is 2.24. The van der Waals surface area contributed by atoms with Crippen molar-refractivity contribution in [3.8, 4) is 0 Å². The lowest BCUT2D eigenvalue weighted by Crippen LogP contribution is -2.60. The number of ether oxygens (including phenoxy) is 4. The smallest absolute Gasteiger partial charge is 0.404 e. The van der Waals surface area contributed by atoms with Gasteiger partial charge in [0.25, 0.3) is 0 Å². The molecule has 1 saturated heterocycles. The number of aliphatic hydroxyl groups excluding tert-OH is 3. The molecule has 5 N–H and O–H groups in total. The van der Waals surface area contributed by atoms with E-state index in [0.717, 1.165) is 6.42 Å². The van der Waals surface area contributed by atoms with Crippen LogP contribution in [0.4, 0.5) is 4.79 Å². The van der Waals surface area contributed by atoms with Gasteiger partial charge in [-0.1, -0.05) is 6.92 Å². The van der Waals surface area contributed by atoms with Gasteiger partial charge in [0.15, 0.2) is 12.4 Å². The molecule has 21 heavy (non-hydrogen) atoms. The fraction of sp³-hybridized carbons (Fsp3) is 0.917. The minimum Gasteiger partial charge on any atom is -0.441 e. The Labute approximate surface area is 122 Å². The summed E-state index contributed by atoms with van der Waals surface area (Å²) in [5.41, 5.74) is 4.89. The van der Waals surface area contributed by atoms with Crippen molar-refractivity contribution in [2.24, 2.45) is 5.73 Å². The van der Waals surface area contributed by atoms with Gasteiger partial charge in [-0.05, 0) is 6.42 Å². The summed E-state index contributed by atoms with van der Waals surface area (Å²) in [4.78, 5) is 10.8. The standard InChI is InChI=1S/C12H23NO8/c1-2-3-18-4-5-19-11-9(16)10(21-12(13)17)8(15)7(6-14)20-11/h7-11,14-16H,2-6H2,1H3,(H2,13,17)/t7-,8-,9+,10+,11?/m1/s1. The van der Waals surface area contributed by atoms with Crippen LogP contribution in [0.5, 0.6) is 0 Å². The Balaban J connectivity index is 2.55. The van der Waals surface area contributed by atoms with Crippen LogP contribution in [0.15, 0.2) is 0 Å². The number of hydrogen-bond donors (Lipinski definition) is 4. The van der Waals surface area contributed by atoms with Crippen molar-refractivity contribution >= 4 is 6.09 Å². The average Bonchev–Trinajstić information content (AvgIpc) is 2.45. The first-order chi connectivity index (χ1) is 10.0. The lowest BCUT2D eigenvalue weighted by Gasteiger charge is -2.40. The molecule has 0 aromatic carbocycles. The summed E-state index contributed by atoms with van der Waals surface area (Å²) < 4.78 is 20.4. The summed E-state index contributed by atoms with van der Waals surface area (Å²) in [5, 5.41) is 29.0. The molecule has 0 aromatic heterocycles. The van der Waals surface area contributed by atoms with E-state index < -0.39 is 43.4 Å². The van der Waals surface area contributed by atoms with Gasteiger partial charge in [-0.25, -0.2) is 4.79 Å². The number of nitrogens with two attached hydrogens (primary N) is 1. The fourth-order valence-corrected chi connectivity index (χ4v) is 1.93. The van der Waals surface area contributed by atoms with E-state index in [2.05, 4.69) is 4.74 Å². The molecule has 1 aliphatic rings. The van der Waals surface area contributed by atoms with Crippen LogP contribution < -0.4 is 5.73 Å². The van der Waals surface area contributed by atoms with Crippen LogP contribution in [0, 0.1) is 0 Å². The molecule has 0 radical (unpaired) electrons. The number of rotatable bonds is 8. The molecule has 0 spiro atoms. The van der Waals surface area contributed by atoms with E-state index >= 15 is 0 Å². The van der Waals surface area contributed by atoms with Crippen molar-refractivity contribution in [1.82, 2.24) is 0 Å².